The molecule has 0 amide bonds. The van der Waals surface area contributed by atoms with Gasteiger partial charge in [-0.15, -0.1) is 6.58 Å². The highest BCUT2D eigenvalue weighted by atomic mass is 19.1. The van der Waals surface area contributed by atoms with Crippen LogP contribution in [0.2, 0.25) is 0 Å². The van der Waals surface area contributed by atoms with Gasteiger partial charge in [0.05, 0.1) is 6.61 Å². The van der Waals surface area contributed by atoms with Gasteiger partial charge in [0.25, 0.3) is 0 Å². The van der Waals surface area contributed by atoms with Crippen molar-refractivity contribution >= 4 is 0 Å². The van der Waals surface area contributed by atoms with Gasteiger partial charge in [-0.05, 0) is 110 Å². The maximum absolute atomic E-state index is 15.2. The third kappa shape index (κ3) is 5.40. The quantitative estimate of drug-likeness (QED) is 0.309. The smallest absolute Gasteiger partial charge is 0.126 e. The van der Waals surface area contributed by atoms with E-state index in [4.69, 9.17) is 4.74 Å². The molecule has 166 valence electrons. The summed E-state index contributed by atoms with van der Waals surface area (Å²) < 4.78 is 21.0. The molecule has 0 aliphatic heterocycles. The lowest BCUT2D eigenvalue weighted by molar-refractivity contribution is 0.308. The van der Waals surface area contributed by atoms with Gasteiger partial charge in [-0.25, -0.2) is 4.39 Å². The van der Waals surface area contributed by atoms with E-state index in [0.717, 1.165) is 42.9 Å². The van der Waals surface area contributed by atoms with Crippen LogP contribution in [0.3, 0.4) is 0 Å². The van der Waals surface area contributed by atoms with Gasteiger partial charge in [0.15, 0.2) is 0 Å². The zero-order chi connectivity index (χ0) is 21.6. The number of hydrogen-bond donors (Lipinski definition) is 0. The van der Waals surface area contributed by atoms with Gasteiger partial charge in [-0.3, -0.25) is 0 Å². The van der Waals surface area contributed by atoms with E-state index in [1.807, 2.05) is 12.1 Å². The number of fused-ring (bicyclic) bond motifs is 1. The molecular formula is C29H37FO. The highest BCUT2D eigenvalue weighted by molar-refractivity contribution is 5.40. The fourth-order valence-corrected chi connectivity index (χ4v) is 5.67. The third-order valence-corrected chi connectivity index (χ3v) is 7.48. The maximum Gasteiger partial charge on any atom is 0.126 e. The molecule has 1 fully saturated rings. The summed E-state index contributed by atoms with van der Waals surface area (Å²) >= 11 is 0. The Kier molecular flexibility index (Phi) is 7.48. The van der Waals surface area contributed by atoms with Crippen molar-refractivity contribution in [1.29, 1.82) is 0 Å². The first-order valence-corrected chi connectivity index (χ1v) is 12.3. The highest BCUT2D eigenvalue weighted by Crippen LogP contribution is 2.40. The Labute approximate surface area is 187 Å². The van der Waals surface area contributed by atoms with E-state index in [2.05, 4.69) is 43.8 Å². The first kappa shape index (κ1) is 22.1. The molecule has 1 saturated carbocycles. The van der Waals surface area contributed by atoms with Crippen molar-refractivity contribution in [2.75, 3.05) is 6.61 Å². The van der Waals surface area contributed by atoms with Crippen molar-refractivity contribution in [1.82, 2.24) is 0 Å². The summed E-state index contributed by atoms with van der Waals surface area (Å²) in [5.41, 5.74) is 4.81. The van der Waals surface area contributed by atoms with E-state index in [9.17, 15) is 0 Å². The summed E-state index contributed by atoms with van der Waals surface area (Å²) in [4.78, 5) is 0. The van der Waals surface area contributed by atoms with Crippen molar-refractivity contribution in [2.45, 2.75) is 83.0 Å². The first-order valence-electron chi connectivity index (χ1n) is 12.3. The van der Waals surface area contributed by atoms with Gasteiger partial charge in [-0.1, -0.05) is 44.0 Å². The second-order valence-corrected chi connectivity index (χ2v) is 9.58. The molecule has 2 aromatic carbocycles. The average Bonchev–Trinajstić information content (AvgIpc) is 2.79. The zero-order valence-corrected chi connectivity index (χ0v) is 19.0. The van der Waals surface area contributed by atoms with Gasteiger partial charge < -0.3 is 4.74 Å². The molecule has 0 bridgehead atoms. The van der Waals surface area contributed by atoms with E-state index >= 15 is 4.39 Å². The minimum atomic E-state index is 0.00557. The normalized spacial score (nSPS) is 23.2. The van der Waals surface area contributed by atoms with Gasteiger partial charge in [-0.2, -0.15) is 0 Å². The summed E-state index contributed by atoms with van der Waals surface area (Å²) in [6.45, 7) is 6.69. The van der Waals surface area contributed by atoms with Crippen LogP contribution < -0.4 is 4.74 Å². The van der Waals surface area contributed by atoms with Crippen molar-refractivity contribution in [3.63, 3.8) is 0 Å². The second kappa shape index (κ2) is 10.5. The van der Waals surface area contributed by atoms with Gasteiger partial charge in [0.2, 0.25) is 0 Å². The summed E-state index contributed by atoms with van der Waals surface area (Å²) in [6, 6.07) is 12.6. The SMILES string of the molecule is C=CCCOc1ccc2c(c1)CCC(c1ccc(C3CCC(CCC)CC3)cc1F)C2. The Morgan fingerprint density at radius 3 is 2.58 bits per heavy atom. The Balaban J connectivity index is 1.40. The third-order valence-electron chi connectivity index (χ3n) is 7.48. The molecule has 2 heteroatoms. The van der Waals surface area contributed by atoms with Crippen molar-refractivity contribution in [2.24, 2.45) is 5.92 Å². The van der Waals surface area contributed by atoms with E-state index in [0.29, 0.717) is 12.5 Å². The van der Waals surface area contributed by atoms with E-state index < -0.39 is 0 Å². The number of rotatable bonds is 8. The lowest BCUT2D eigenvalue weighted by Crippen LogP contribution is -2.16. The van der Waals surface area contributed by atoms with Gasteiger partial charge in [0.1, 0.15) is 11.6 Å². The molecule has 0 heterocycles. The van der Waals surface area contributed by atoms with E-state index in [1.54, 1.807) is 0 Å². The molecule has 0 saturated heterocycles. The molecule has 1 nitrogen and oxygen atoms in total. The van der Waals surface area contributed by atoms with Crippen molar-refractivity contribution in [3.8, 4) is 5.75 Å². The summed E-state index contributed by atoms with van der Waals surface area (Å²) in [7, 11) is 0. The van der Waals surface area contributed by atoms with Crippen LogP contribution in [-0.2, 0) is 12.8 Å². The second-order valence-electron chi connectivity index (χ2n) is 9.58. The number of hydrogen-bond acceptors (Lipinski definition) is 1. The molecule has 1 atom stereocenters. The van der Waals surface area contributed by atoms with E-state index in [-0.39, 0.29) is 11.7 Å². The van der Waals surface area contributed by atoms with Gasteiger partial charge >= 0.3 is 0 Å². The van der Waals surface area contributed by atoms with E-state index in [1.165, 1.54) is 55.2 Å². The Hall–Kier alpha value is -2.09. The molecule has 2 aliphatic carbocycles. The van der Waals surface area contributed by atoms with Crippen LogP contribution in [0.1, 0.15) is 92.4 Å². The minimum Gasteiger partial charge on any atom is -0.493 e. The summed E-state index contributed by atoms with van der Waals surface area (Å²) in [6.07, 6.45) is 13.3. The fraction of sp³-hybridized carbons (Fsp3) is 0.517. The number of ether oxygens (including phenoxy) is 1. The maximum atomic E-state index is 15.2. The van der Waals surface area contributed by atoms with Crippen LogP contribution in [0.4, 0.5) is 4.39 Å². The van der Waals surface area contributed by atoms with Crippen LogP contribution in [0.5, 0.6) is 5.75 Å². The molecule has 4 rings (SSSR count). The molecule has 0 radical (unpaired) electrons. The molecule has 0 N–H and O–H groups in total. The van der Waals surface area contributed by atoms with Crippen molar-refractivity contribution < 1.29 is 9.13 Å². The highest BCUT2D eigenvalue weighted by Gasteiger charge is 2.26. The largest absolute Gasteiger partial charge is 0.493 e. The predicted octanol–water partition coefficient (Wildman–Crippen LogP) is 8.13. The lowest BCUT2D eigenvalue weighted by Gasteiger charge is -2.29. The molecular weight excluding hydrogens is 383 g/mol. The van der Waals surface area contributed by atoms with Crippen LogP contribution in [0, 0.1) is 11.7 Å². The lowest BCUT2D eigenvalue weighted by atomic mass is 9.76. The summed E-state index contributed by atoms with van der Waals surface area (Å²) in [5, 5.41) is 0. The minimum absolute atomic E-state index is 0.00557. The standard InChI is InChI=1S/C29H37FO/c1-3-5-17-31-27-15-13-23-18-26(12-11-24(23)19-27)28-16-14-25(20-29(28)30)22-9-7-21(6-4-2)8-10-22/h3,13-16,19-22,26H,1,4-12,17-18H2,2H3. The Bertz CT molecular complexity index is 878. The summed E-state index contributed by atoms with van der Waals surface area (Å²) in [5.74, 6) is 2.65. The molecule has 1 unspecified atom stereocenters. The predicted molar refractivity (Wildman–Crippen MR) is 128 cm³/mol. The topological polar surface area (TPSA) is 9.23 Å². The van der Waals surface area contributed by atoms with Crippen LogP contribution in [-0.4, -0.2) is 6.61 Å². The fourth-order valence-electron chi connectivity index (χ4n) is 5.67. The average molecular weight is 421 g/mol. The number of halogens is 1. The van der Waals surface area contributed by atoms with Crippen molar-refractivity contribution in [3.05, 3.63) is 77.1 Å². The van der Waals surface area contributed by atoms with Crippen LogP contribution >= 0.6 is 0 Å². The first-order chi connectivity index (χ1) is 15.2. The van der Waals surface area contributed by atoms with Crippen LogP contribution in [0.25, 0.3) is 0 Å². The Morgan fingerprint density at radius 1 is 1.00 bits per heavy atom. The molecule has 0 aromatic heterocycles. The Morgan fingerprint density at radius 2 is 1.84 bits per heavy atom. The number of benzene rings is 2. The molecule has 2 aromatic rings. The zero-order valence-electron chi connectivity index (χ0n) is 19.0. The molecule has 2 aliphatic rings. The number of aryl methyl sites for hydroxylation is 1. The van der Waals surface area contributed by atoms with Gasteiger partial charge in [0, 0.05) is 0 Å². The van der Waals surface area contributed by atoms with Crippen LogP contribution in [0.15, 0.2) is 49.1 Å². The monoisotopic (exact) mass is 420 g/mol. The molecule has 31 heavy (non-hydrogen) atoms. The molecule has 0 spiro atoms.